The van der Waals surface area contributed by atoms with Gasteiger partial charge >= 0.3 is 0 Å². The molecule has 5 aromatic carbocycles. The van der Waals surface area contributed by atoms with Crippen molar-refractivity contribution in [2.75, 3.05) is 0 Å². The molecule has 4 heteroatoms. The van der Waals surface area contributed by atoms with Crippen LogP contribution in [0.1, 0.15) is 0 Å². The van der Waals surface area contributed by atoms with Gasteiger partial charge in [0.05, 0.1) is 16.6 Å². The highest BCUT2D eigenvalue weighted by molar-refractivity contribution is 6.18. The average Bonchev–Trinajstić information content (AvgIpc) is 3.51. The van der Waals surface area contributed by atoms with Crippen LogP contribution in [0, 0.1) is 0 Å². The maximum absolute atomic E-state index is 6.87. The molecule has 0 saturated heterocycles. The quantitative estimate of drug-likeness (QED) is 0.371. The van der Waals surface area contributed by atoms with Gasteiger partial charge in [-0.3, -0.25) is 4.57 Å². The normalized spacial score (nSPS) is 13.3. The van der Waals surface area contributed by atoms with Crippen LogP contribution in [0.5, 0.6) is 0 Å². The van der Waals surface area contributed by atoms with Gasteiger partial charge in [0.1, 0.15) is 5.82 Å². The van der Waals surface area contributed by atoms with Crippen LogP contribution < -0.4 is 21.9 Å². The van der Waals surface area contributed by atoms with E-state index in [0.717, 1.165) is 27.2 Å². The van der Waals surface area contributed by atoms with Crippen LogP contribution in [-0.4, -0.2) is 9.13 Å². The first-order valence-electron chi connectivity index (χ1n) is 12.0. The lowest BCUT2D eigenvalue weighted by Gasteiger charge is -2.10. The zero-order valence-corrected chi connectivity index (χ0v) is 19.6. The highest BCUT2D eigenvalue weighted by Gasteiger charge is 2.15. The molecule has 7 aromatic rings. The van der Waals surface area contributed by atoms with E-state index < -0.39 is 0 Å². The van der Waals surface area contributed by atoms with Gasteiger partial charge in [-0.25, -0.2) is 0 Å². The van der Waals surface area contributed by atoms with Gasteiger partial charge in [-0.2, -0.15) is 0 Å². The summed E-state index contributed by atoms with van der Waals surface area (Å²) >= 11 is 0. The molecule has 2 heterocycles. The van der Waals surface area contributed by atoms with Crippen LogP contribution in [0.2, 0.25) is 0 Å². The second-order valence-corrected chi connectivity index (χ2v) is 9.10. The third kappa shape index (κ3) is 2.88. The molecular weight excluding hydrogens is 440 g/mol. The number of nitrogens with zero attached hydrogens (tertiary/aromatic N) is 2. The lowest BCUT2D eigenvalue weighted by Crippen LogP contribution is -2.32. The number of para-hydroxylation sites is 2. The fourth-order valence-electron chi connectivity index (χ4n) is 5.48. The summed E-state index contributed by atoms with van der Waals surface area (Å²) in [6.45, 7) is 0. The molecule has 7 rings (SSSR count). The van der Waals surface area contributed by atoms with Crippen LogP contribution in [-0.2, 0) is 0 Å². The highest BCUT2D eigenvalue weighted by atomic mass is 15.1. The summed E-state index contributed by atoms with van der Waals surface area (Å²) in [4.78, 5) is 0. The fraction of sp³-hybridized carbons (Fsp3) is 0. The molecule has 0 aliphatic carbocycles. The molecule has 0 radical (unpaired) electrons. The average molecular weight is 465 g/mol. The van der Waals surface area contributed by atoms with Gasteiger partial charge < -0.3 is 16.0 Å². The third-order valence-electron chi connectivity index (χ3n) is 7.17. The Labute approximate surface area is 207 Å². The number of hydrogen-bond donors (Lipinski definition) is 2. The van der Waals surface area contributed by atoms with Crippen molar-refractivity contribution in [3.63, 3.8) is 0 Å². The Balaban J connectivity index is 1.60. The second kappa shape index (κ2) is 7.79. The van der Waals surface area contributed by atoms with Crippen LogP contribution >= 0.6 is 0 Å². The molecule has 0 aliphatic heterocycles. The van der Waals surface area contributed by atoms with Gasteiger partial charge in [-0.1, -0.05) is 66.7 Å². The number of nitrogens with two attached hydrogens (primary N) is 2. The molecule has 36 heavy (non-hydrogen) atoms. The third-order valence-corrected chi connectivity index (χ3v) is 7.17. The predicted molar refractivity (Wildman–Crippen MR) is 151 cm³/mol. The van der Waals surface area contributed by atoms with Crippen molar-refractivity contribution < 1.29 is 0 Å². The molecular formula is C32H24N4. The van der Waals surface area contributed by atoms with E-state index in [1.165, 1.54) is 32.4 Å². The Kier molecular flexibility index (Phi) is 4.42. The Morgan fingerprint density at radius 3 is 2.22 bits per heavy atom. The van der Waals surface area contributed by atoms with Crippen molar-refractivity contribution >= 4 is 55.5 Å². The van der Waals surface area contributed by atoms with Gasteiger partial charge in [0.15, 0.2) is 0 Å². The van der Waals surface area contributed by atoms with E-state index in [9.17, 15) is 0 Å². The molecule has 0 amide bonds. The molecule has 4 N–H and O–H groups in total. The predicted octanol–water partition coefficient (Wildman–Crippen LogP) is 5.16. The molecule has 0 fully saturated rings. The standard InChI is InChI=1S/C32H24N4/c33-20-22-8-4-5-11-24(22)32(34)36-30-13-7-6-12-25(30)28-19-27-21(18-31(28)36)14-15-29-26(27)16-17-35(29)23-9-2-1-3-10-23/h1-20H,33-34H2/b22-20-,32-24+. The van der Waals surface area contributed by atoms with E-state index in [4.69, 9.17) is 11.5 Å². The van der Waals surface area contributed by atoms with E-state index in [1.54, 1.807) is 6.20 Å². The molecule has 0 saturated carbocycles. The smallest absolute Gasteiger partial charge is 0.116 e. The Hall–Kier alpha value is -4.96. The van der Waals surface area contributed by atoms with E-state index in [-0.39, 0.29) is 0 Å². The van der Waals surface area contributed by atoms with Crippen molar-refractivity contribution in [2.24, 2.45) is 11.5 Å². The summed E-state index contributed by atoms with van der Waals surface area (Å²) in [6.07, 6.45) is 3.76. The van der Waals surface area contributed by atoms with Gasteiger partial charge in [0.2, 0.25) is 0 Å². The molecule has 0 aliphatic rings. The van der Waals surface area contributed by atoms with E-state index in [1.807, 2.05) is 30.3 Å². The summed E-state index contributed by atoms with van der Waals surface area (Å²) in [5.74, 6) is 0.661. The van der Waals surface area contributed by atoms with Crippen LogP contribution in [0.3, 0.4) is 0 Å². The number of fused-ring (bicyclic) bond motifs is 6. The van der Waals surface area contributed by atoms with Crippen LogP contribution in [0.15, 0.2) is 115 Å². The topological polar surface area (TPSA) is 61.9 Å². The van der Waals surface area contributed by atoms with Crippen molar-refractivity contribution in [3.8, 4) is 5.69 Å². The van der Waals surface area contributed by atoms with Crippen molar-refractivity contribution in [1.29, 1.82) is 0 Å². The fourth-order valence-corrected chi connectivity index (χ4v) is 5.48. The van der Waals surface area contributed by atoms with Crippen molar-refractivity contribution in [2.45, 2.75) is 0 Å². The number of hydrogen-bond acceptors (Lipinski definition) is 2. The molecule has 172 valence electrons. The Morgan fingerprint density at radius 1 is 0.611 bits per heavy atom. The Bertz CT molecular complexity index is 2060. The zero-order valence-electron chi connectivity index (χ0n) is 19.6. The first-order valence-corrected chi connectivity index (χ1v) is 12.0. The maximum atomic E-state index is 6.87. The first-order chi connectivity index (χ1) is 17.7. The summed E-state index contributed by atoms with van der Waals surface area (Å²) < 4.78 is 4.40. The summed E-state index contributed by atoms with van der Waals surface area (Å²) in [5, 5.41) is 7.81. The number of benzene rings is 5. The summed E-state index contributed by atoms with van der Waals surface area (Å²) in [7, 11) is 0. The van der Waals surface area contributed by atoms with Crippen LogP contribution in [0.25, 0.3) is 61.2 Å². The summed E-state index contributed by atoms with van der Waals surface area (Å²) in [5.41, 5.74) is 17.3. The van der Waals surface area contributed by atoms with Gasteiger partial charge in [0, 0.05) is 44.7 Å². The lowest BCUT2D eigenvalue weighted by molar-refractivity contribution is 1.13. The first kappa shape index (κ1) is 20.4. The molecule has 0 bridgehead atoms. The van der Waals surface area contributed by atoms with E-state index in [0.29, 0.717) is 5.82 Å². The second-order valence-electron chi connectivity index (χ2n) is 9.10. The maximum Gasteiger partial charge on any atom is 0.116 e. The van der Waals surface area contributed by atoms with Gasteiger partial charge in [0.25, 0.3) is 0 Å². The van der Waals surface area contributed by atoms with Crippen LogP contribution in [0.4, 0.5) is 0 Å². The highest BCUT2D eigenvalue weighted by Crippen LogP contribution is 2.36. The number of rotatable bonds is 2. The number of aromatic nitrogens is 2. The molecule has 2 aromatic heterocycles. The van der Waals surface area contributed by atoms with E-state index >= 15 is 0 Å². The largest absolute Gasteiger partial charge is 0.404 e. The summed E-state index contributed by atoms with van der Waals surface area (Å²) in [6, 6.07) is 38.1. The minimum atomic E-state index is 0.661. The SMILES string of the molecule is N/C=c1/cccc/c1=C(/N)n1c2ccccc2c2cc3c(ccc4c3ccn4-c3ccccc3)cc21. The van der Waals surface area contributed by atoms with E-state index in [2.05, 4.69) is 94.2 Å². The molecule has 0 atom stereocenters. The van der Waals surface area contributed by atoms with Crippen molar-refractivity contribution in [3.05, 3.63) is 126 Å². The molecule has 0 spiro atoms. The molecule has 0 unspecified atom stereocenters. The zero-order chi connectivity index (χ0) is 24.2. The van der Waals surface area contributed by atoms with Gasteiger partial charge in [-0.15, -0.1) is 0 Å². The Morgan fingerprint density at radius 2 is 1.36 bits per heavy atom. The monoisotopic (exact) mass is 464 g/mol. The van der Waals surface area contributed by atoms with Gasteiger partial charge in [-0.05, 0) is 53.2 Å². The lowest BCUT2D eigenvalue weighted by atomic mass is 10.0. The molecule has 4 nitrogen and oxygen atoms in total. The minimum Gasteiger partial charge on any atom is -0.404 e. The minimum absolute atomic E-state index is 0.661. The van der Waals surface area contributed by atoms with Crippen molar-refractivity contribution in [1.82, 2.24) is 9.13 Å².